The molecule has 0 saturated carbocycles. The van der Waals surface area contributed by atoms with Gasteiger partial charge < -0.3 is 20.1 Å². The number of ether oxygens (including phenoxy) is 1. The SMILES string of the molecule is COc1cc(C=Cc2ccc3ccc(C=O)c(O)c3n2)cc(O)c1O. The van der Waals surface area contributed by atoms with Crippen molar-refractivity contribution < 1.29 is 24.9 Å². The highest BCUT2D eigenvalue weighted by Crippen LogP contribution is 2.36. The minimum Gasteiger partial charge on any atom is -0.505 e. The molecule has 6 nitrogen and oxygen atoms in total. The van der Waals surface area contributed by atoms with Crippen molar-refractivity contribution in [2.24, 2.45) is 0 Å². The van der Waals surface area contributed by atoms with Crippen LogP contribution in [0.4, 0.5) is 0 Å². The molecular formula is C19H15NO5. The smallest absolute Gasteiger partial charge is 0.200 e. The van der Waals surface area contributed by atoms with E-state index in [1.807, 2.05) is 0 Å². The molecule has 0 amide bonds. The summed E-state index contributed by atoms with van der Waals surface area (Å²) in [6, 6.07) is 9.74. The van der Waals surface area contributed by atoms with E-state index >= 15 is 0 Å². The number of phenolic OH excluding ortho intramolecular Hbond substituents is 3. The maximum absolute atomic E-state index is 10.9. The Morgan fingerprint density at radius 3 is 2.48 bits per heavy atom. The van der Waals surface area contributed by atoms with Crippen LogP contribution in [0.3, 0.4) is 0 Å². The summed E-state index contributed by atoms with van der Waals surface area (Å²) in [5.74, 6) is -0.625. The Morgan fingerprint density at radius 2 is 1.76 bits per heavy atom. The Labute approximate surface area is 143 Å². The van der Waals surface area contributed by atoms with Crippen molar-refractivity contribution in [3.8, 4) is 23.0 Å². The molecule has 0 unspecified atom stereocenters. The van der Waals surface area contributed by atoms with E-state index in [1.54, 1.807) is 36.4 Å². The van der Waals surface area contributed by atoms with E-state index in [-0.39, 0.29) is 28.6 Å². The highest BCUT2D eigenvalue weighted by atomic mass is 16.5. The topological polar surface area (TPSA) is 99.9 Å². The Hall–Kier alpha value is -3.54. The molecule has 3 aromatic rings. The highest BCUT2D eigenvalue weighted by Gasteiger charge is 2.09. The average Bonchev–Trinajstić information content (AvgIpc) is 2.63. The number of aromatic nitrogens is 1. The molecule has 0 aliphatic rings. The molecule has 25 heavy (non-hydrogen) atoms. The van der Waals surface area contributed by atoms with Crippen LogP contribution in [0.2, 0.25) is 0 Å². The van der Waals surface area contributed by atoms with E-state index in [9.17, 15) is 20.1 Å². The van der Waals surface area contributed by atoms with Crippen LogP contribution in [0.15, 0.2) is 36.4 Å². The van der Waals surface area contributed by atoms with Gasteiger partial charge in [0.15, 0.2) is 23.5 Å². The number of carbonyl (C=O) groups excluding carboxylic acids is 1. The first-order chi connectivity index (χ1) is 12.0. The molecule has 0 atom stereocenters. The lowest BCUT2D eigenvalue weighted by molar-refractivity contribution is 0.112. The normalized spacial score (nSPS) is 11.1. The van der Waals surface area contributed by atoms with Crippen molar-refractivity contribution in [1.29, 1.82) is 0 Å². The van der Waals surface area contributed by atoms with Crippen LogP contribution >= 0.6 is 0 Å². The lowest BCUT2D eigenvalue weighted by Crippen LogP contribution is -1.88. The van der Waals surface area contributed by atoms with Crippen LogP contribution < -0.4 is 4.74 Å². The van der Waals surface area contributed by atoms with Gasteiger partial charge in [-0.15, -0.1) is 0 Å². The number of benzene rings is 2. The van der Waals surface area contributed by atoms with Crippen molar-refractivity contribution in [2.45, 2.75) is 0 Å². The molecule has 1 aromatic heterocycles. The second-order valence-corrected chi connectivity index (χ2v) is 5.35. The van der Waals surface area contributed by atoms with Crippen LogP contribution in [0.1, 0.15) is 21.6 Å². The van der Waals surface area contributed by atoms with Crippen molar-refractivity contribution in [1.82, 2.24) is 4.98 Å². The fourth-order valence-electron chi connectivity index (χ4n) is 2.44. The van der Waals surface area contributed by atoms with Gasteiger partial charge in [-0.3, -0.25) is 4.79 Å². The summed E-state index contributed by atoms with van der Waals surface area (Å²) < 4.78 is 4.99. The number of phenols is 3. The molecule has 0 radical (unpaired) electrons. The molecule has 3 N–H and O–H groups in total. The number of pyridine rings is 1. The van der Waals surface area contributed by atoms with Crippen LogP contribution in [-0.4, -0.2) is 33.7 Å². The Morgan fingerprint density at radius 1 is 1.00 bits per heavy atom. The number of rotatable bonds is 4. The standard InChI is InChI=1S/C19H15NO5/c1-25-16-9-11(8-15(22)19(16)24)2-6-14-7-5-12-3-4-13(10-21)18(23)17(12)20-14/h2-10,22-24H,1H3. The van der Waals surface area contributed by atoms with Crippen LogP contribution in [-0.2, 0) is 0 Å². The number of hydrogen-bond acceptors (Lipinski definition) is 6. The number of fused-ring (bicyclic) bond motifs is 1. The van der Waals surface area contributed by atoms with E-state index in [4.69, 9.17) is 4.74 Å². The van der Waals surface area contributed by atoms with Gasteiger partial charge in [0.25, 0.3) is 0 Å². The van der Waals surface area contributed by atoms with Gasteiger partial charge in [0.1, 0.15) is 5.52 Å². The summed E-state index contributed by atoms with van der Waals surface area (Å²) >= 11 is 0. The summed E-state index contributed by atoms with van der Waals surface area (Å²) in [4.78, 5) is 15.3. The number of aldehydes is 1. The molecular weight excluding hydrogens is 322 g/mol. The highest BCUT2D eigenvalue weighted by molar-refractivity contribution is 5.94. The van der Waals surface area contributed by atoms with Crippen LogP contribution in [0, 0.1) is 0 Å². The first-order valence-electron chi connectivity index (χ1n) is 7.39. The van der Waals surface area contributed by atoms with E-state index < -0.39 is 0 Å². The molecule has 1 heterocycles. The number of carbonyl (C=O) groups is 1. The van der Waals surface area contributed by atoms with Gasteiger partial charge in [-0.2, -0.15) is 0 Å². The number of methoxy groups -OCH3 is 1. The van der Waals surface area contributed by atoms with Gasteiger partial charge in [0.05, 0.1) is 18.4 Å². The Kier molecular flexibility index (Phi) is 4.26. The van der Waals surface area contributed by atoms with E-state index in [2.05, 4.69) is 4.98 Å². The van der Waals surface area contributed by atoms with E-state index in [0.29, 0.717) is 28.4 Å². The van der Waals surface area contributed by atoms with Gasteiger partial charge in [-0.25, -0.2) is 4.98 Å². The number of hydrogen-bond donors (Lipinski definition) is 3. The maximum atomic E-state index is 10.9. The Balaban J connectivity index is 2.00. The molecule has 6 heteroatoms. The number of aromatic hydroxyl groups is 3. The van der Waals surface area contributed by atoms with Crippen molar-refractivity contribution in [3.05, 3.63) is 53.2 Å². The third-order valence-corrected chi connectivity index (χ3v) is 3.76. The summed E-state index contributed by atoms with van der Waals surface area (Å²) in [6.07, 6.45) is 3.93. The van der Waals surface area contributed by atoms with Gasteiger partial charge in [-0.05, 0) is 35.9 Å². The minimum atomic E-state index is -0.324. The van der Waals surface area contributed by atoms with Crippen molar-refractivity contribution in [2.75, 3.05) is 7.11 Å². The van der Waals surface area contributed by atoms with Gasteiger partial charge >= 0.3 is 0 Å². The summed E-state index contributed by atoms with van der Waals surface area (Å²) in [7, 11) is 1.39. The molecule has 126 valence electrons. The summed E-state index contributed by atoms with van der Waals surface area (Å²) in [6.45, 7) is 0. The predicted molar refractivity (Wildman–Crippen MR) is 94.0 cm³/mol. The van der Waals surface area contributed by atoms with E-state index in [1.165, 1.54) is 19.2 Å². The first-order valence-corrected chi connectivity index (χ1v) is 7.39. The zero-order valence-electron chi connectivity index (χ0n) is 13.3. The van der Waals surface area contributed by atoms with Crippen molar-refractivity contribution >= 4 is 29.3 Å². The van der Waals surface area contributed by atoms with Crippen LogP contribution in [0.5, 0.6) is 23.0 Å². The fourth-order valence-corrected chi connectivity index (χ4v) is 2.44. The molecule has 0 saturated heterocycles. The molecule has 0 fully saturated rings. The van der Waals surface area contributed by atoms with Crippen molar-refractivity contribution in [3.63, 3.8) is 0 Å². The monoisotopic (exact) mass is 337 g/mol. The minimum absolute atomic E-state index is 0.152. The fraction of sp³-hybridized carbons (Fsp3) is 0.0526. The number of nitrogens with zero attached hydrogens (tertiary/aromatic N) is 1. The predicted octanol–water partition coefficient (Wildman–Crippen LogP) is 3.34. The molecule has 0 aliphatic carbocycles. The maximum Gasteiger partial charge on any atom is 0.200 e. The largest absolute Gasteiger partial charge is 0.505 e. The van der Waals surface area contributed by atoms with Gasteiger partial charge in [-0.1, -0.05) is 18.2 Å². The summed E-state index contributed by atoms with van der Waals surface area (Å²) in [5.41, 5.74) is 1.66. The second-order valence-electron chi connectivity index (χ2n) is 5.35. The first kappa shape index (κ1) is 16.3. The zero-order chi connectivity index (χ0) is 18.0. The Bertz CT molecular complexity index is 995. The molecule has 3 rings (SSSR count). The summed E-state index contributed by atoms with van der Waals surface area (Å²) in [5, 5.41) is 30.1. The van der Waals surface area contributed by atoms with E-state index in [0.717, 1.165) is 0 Å². The molecule has 0 aliphatic heterocycles. The van der Waals surface area contributed by atoms with Crippen LogP contribution in [0.25, 0.3) is 23.1 Å². The molecule has 0 bridgehead atoms. The second kappa shape index (κ2) is 6.52. The lowest BCUT2D eigenvalue weighted by atomic mass is 10.1. The molecule has 0 spiro atoms. The zero-order valence-corrected chi connectivity index (χ0v) is 13.3. The third kappa shape index (κ3) is 3.10. The lowest BCUT2D eigenvalue weighted by Gasteiger charge is -2.06. The van der Waals surface area contributed by atoms with Gasteiger partial charge in [0.2, 0.25) is 5.75 Å². The third-order valence-electron chi connectivity index (χ3n) is 3.76. The quantitative estimate of drug-likeness (QED) is 0.499. The average molecular weight is 337 g/mol. The molecule has 2 aromatic carbocycles. The van der Waals surface area contributed by atoms with Gasteiger partial charge in [0, 0.05) is 5.39 Å².